The first-order valence-corrected chi connectivity index (χ1v) is 3.64. The van der Waals surface area contributed by atoms with E-state index in [4.69, 9.17) is 0 Å². The first-order valence-electron chi connectivity index (χ1n) is 3.64. The predicted molar refractivity (Wildman–Crippen MR) is 40.6 cm³/mol. The molecule has 0 amide bonds. The van der Waals surface area contributed by atoms with Crippen molar-refractivity contribution in [3.8, 4) is 0 Å². The molecule has 0 aromatic heterocycles. The molecule has 1 rings (SSSR count). The minimum atomic E-state index is 0. The fraction of sp³-hybridized carbons (Fsp3) is 0.444. The summed E-state index contributed by atoms with van der Waals surface area (Å²) in [5, 5.41) is 0. The predicted octanol–water partition coefficient (Wildman–Crippen LogP) is 2.75. The molecule has 1 radical (unpaired) electrons. The average molecular weight is 210 g/mol. The van der Waals surface area contributed by atoms with Gasteiger partial charge in [0.2, 0.25) is 0 Å². The number of rotatable bonds is 3. The van der Waals surface area contributed by atoms with Crippen LogP contribution in [0.15, 0.2) is 24.3 Å². The Labute approximate surface area is 88.3 Å². The third kappa shape index (κ3) is 3.58. The van der Waals surface area contributed by atoms with Gasteiger partial charge in [0.05, 0.1) is 0 Å². The van der Waals surface area contributed by atoms with Gasteiger partial charge in [-0.2, -0.15) is 17.7 Å². The van der Waals surface area contributed by atoms with Crippen molar-refractivity contribution in [2.75, 3.05) is 0 Å². The van der Waals surface area contributed by atoms with Crippen molar-refractivity contribution < 1.29 is 32.7 Å². The zero-order chi connectivity index (χ0) is 6.53. The second-order valence-electron chi connectivity index (χ2n) is 2.40. The quantitative estimate of drug-likeness (QED) is 0.673. The molecule has 1 heteroatoms. The summed E-state index contributed by atoms with van der Waals surface area (Å²) in [6.45, 7) is 2.23. The second-order valence-corrected chi connectivity index (χ2v) is 2.40. The van der Waals surface area contributed by atoms with Gasteiger partial charge in [0.1, 0.15) is 0 Å². The van der Waals surface area contributed by atoms with E-state index in [0.717, 1.165) is 0 Å². The van der Waals surface area contributed by atoms with Crippen molar-refractivity contribution in [2.45, 2.75) is 26.2 Å². The van der Waals surface area contributed by atoms with Gasteiger partial charge < -0.3 is 0 Å². The van der Waals surface area contributed by atoms with Crippen LogP contribution in [-0.2, 0) is 39.1 Å². The van der Waals surface area contributed by atoms with Gasteiger partial charge in [-0.3, -0.25) is 0 Å². The van der Waals surface area contributed by atoms with E-state index >= 15 is 0 Å². The molecule has 0 N–H and O–H groups in total. The van der Waals surface area contributed by atoms with Crippen molar-refractivity contribution in [2.24, 2.45) is 0 Å². The van der Waals surface area contributed by atoms with Crippen molar-refractivity contribution in [1.82, 2.24) is 0 Å². The van der Waals surface area contributed by atoms with Gasteiger partial charge in [-0.05, 0) is 0 Å². The topological polar surface area (TPSA) is 0 Å². The van der Waals surface area contributed by atoms with E-state index in [-0.39, 0.29) is 32.7 Å². The van der Waals surface area contributed by atoms with Crippen LogP contribution in [0.3, 0.4) is 0 Å². The van der Waals surface area contributed by atoms with E-state index in [1.54, 1.807) is 0 Å². The number of hydrogen-bond acceptors (Lipinski definition) is 0. The Balaban J connectivity index is 0.000000810. The van der Waals surface area contributed by atoms with Gasteiger partial charge in [-0.1, -0.05) is 26.2 Å². The molecule has 0 aliphatic rings. The summed E-state index contributed by atoms with van der Waals surface area (Å²) in [7, 11) is 0. The molecule has 0 nitrogen and oxygen atoms in total. The third-order valence-corrected chi connectivity index (χ3v) is 1.55. The molecule has 53 valence electrons. The minimum Gasteiger partial charge on any atom is -0.213 e. The third-order valence-electron chi connectivity index (χ3n) is 1.55. The van der Waals surface area contributed by atoms with E-state index in [0.29, 0.717) is 0 Å². The van der Waals surface area contributed by atoms with Gasteiger partial charge >= 0.3 is 0 Å². The molecule has 0 heterocycles. The summed E-state index contributed by atoms with van der Waals surface area (Å²) >= 11 is 0. The van der Waals surface area contributed by atoms with Crippen LogP contribution in [-0.4, -0.2) is 0 Å². The summed E-state index contributed by atoms with van der Waals surface area (Å²) in [5.74, 6) is 0. The molecule has 0 saturated carbocycles. The van der Waals surface area contributed by atoms with Crippen LogP contribution >= 0.6 is 0 Å². The van der Waals surface area contributed by atoms with Crippen molar-refractivity contribution in [1.29, 1.82) is 0 Å². The molecule has 10 heavy (non-hydrogen) atoms. The Morgan fingerprint density at radius 3 is 2.30 bits per heavy atom. The van der Waals surface area contributed by atoms with E-state index in [9.17, 15) is 0 Å². The van der Waals surface area contributed by atoms with Crippen LogP contribution in [0, 0.1) is 0 Å². The van der Waals surface area contributed by atoms with Crippen molar-refractivity contribution in [3.05, 3.63) is 29.8 Å². The van der Waals surface area contributed by atoms with Crippen LogP contribution in [0.25, 0.3) is 0 Å². The Hall–Kier alpha value is 0.454. The average Bonchev–Trinajstić information content (AvgIpc) is 2.34. The maximum Gasteiger partial charge on any atom is 0 e. The van der Waals surface area contributed by atoms with Crippen LogP contribution in [0.1, 0.15) is 25.3 Å². The fourth-order valence-electron chi connectivity index (χ4n) is 0.961. The first-order chi connectivity index (χ1) is 4.43. The smallest absolute Gasteiger partial charge is 0 e. The van der Waals surface area contributed by atoms with Crippen LogP contribution in [0.4, 0.5) is 0 Å². The SMILES string of the molecule is CCCC[c-]1cccc1.[Y]. The molecule has 1 aromatic rings. The van der Waals surface area contributed by atoms with Crippen LogP contribution < -0.4 is 0 Å². The normalized spacial score (nSPS) is 8.90. The molecule has 1 aromatic carbocycles. The largest absolute Gasteiger partial charge is 0.213 e. The molecule has 0 atom stereocenters. The Bertz CT molecular complexity index is 142. The van der Waals surface area contributed by atoms with E-state index in [1.165, 1.54) is 24.8 Å². The molecule has 0 spiro atoms. The number of aryl methyl sites for hydroxylation is 1. The Kier molecular flexibility index (Phi) is 6.46. The van der Waals surface area contributed by atoms with Gasteiger partial charge in [0.25, 0.3) is 0 Å². The standard InChI is InChI=1S/C9H13.Y/c1-2-3-6-9-7-4-5-8-9;/h4-5,7-8H,2-3,6H2,1H3;/q-1;. The molecular formula is C9H13Y-. The summed E-state index contributed by atoms with van der Waals surface area (Å²) < 4.78 is 0. The van der Waals surface area contributed by atoms with E-state index in [2.05, 4.69) is 31.2 Å². The van der Waals surface area contributed by atoms with Crippen LogP contribution in [0.5, 0.6) is 0 Å². The first kappa shape index (κ1) is 10.5. The summed E-state index contributed by atoms with van der Waals surface area (Å²) in [6, 6.07) is 8.58. The summed E-state index contributed by atoms with van der Waals surface area (Å²) in [6.07, 6.45) is 3.87. The molecule has 0 unspecified atom stereocenters. The van der Waals surface area contributed by atoms with Crippen molar-refractivity contribution in [3.63, 3.8) is 0 Å². The van der Waals surface area contributed by atoms with E-state index < -0.39 is 0 Å². The molecule has 0 saturated heterocycles. The fourth-order valence-corrected chi connectivity index (χ4v) is 0.961. The number of hydrogen-bond donors (Lipinski definition) is 0. The maximum atomic E-state index is 2.23. The van der Waals surface area contributed by atoms with Gasteiger partial charge in [0, 0.05) is 32.7 Å². The van der Waals surface area contributed by atoms with Crippen LogP contribution in [0.2, 0.25) is 0 Å². The number of unbranched alkanes of at least 4 members (excludes halogenated alkanes) is 1. The molecule has 0 aliphatic carbocycles. The zero-order valence-corrected chi connectivity index (χ0v) is 9.35. The molecular weight excluding hydrogens is 197 g/mol. The molecule has 0 bridgehead atoms. The summed E-state index contributed by atoms with van der Waals surface area (Å²) in [4.78, 5) is 0. The van der Waals surface area contributed by atoms with Gasteiger partial charge in [0.15, 0.2) is 0 Å². The van der Waals surface area contributed by atoms with Gasteiger partial charge in [-0.15, -0.1) is 0 Å². The second kappa shape index (κ2) is 6.18. The van der Waals surface area contributed by atoms with E-state index in [1.807, 2.05) is 0 Å². The minimum absolute atomic E-state index is 0. The maximum absolute atomic E-state index is 2.23. The Morgan fingerprint density at radius 2 is 1.80 bits per heavy atom. The monoisotopic (exact) mass is 210 g/mol. The Morgan fingerprint density at radius 1 is 1.20 bits per heavy atom. The summed E-state index contributed by atoms with van der Waals surface area (Å²) in [5.41, 5.74) is 1.48. The molecule has 0 fully saturated rings. The zero-order valence-electron chi connectivity index (χ0n) is 6.51. The van der Waals surface area contributed by atoms with Crippen molar-refractivity contribution >= 4 is 0 Å². The van der Waals surface area contributed by atoms with Gasteiger partial charge in [-0.25, -0.2) is 12.1 Å². The molecule has 0 aliphatic heterocycles.